The lowest BCUT2D eigenvalue weighted by atomic mass is 9.95. The molecule has 0 radical (unpaired) electrons. The van der Waals surface area contributed by atoms with Gasteiger partial charge in [0, 0.05) is 13.2 Å². The van der Waals surface area contributed by atoms with E-state index in [2.05, 4.69) is 50.2 Å². The van der Waals surface area contributed by atoms with Crippen LogP contribution in [0.25, 0.3) is 0 Å². The molecule has 3 nitrogen and oxygen atoms in total. The van der Waals surface area contributed by atoms with Gasteiger partial charge in [0.25, 0.3) is 0 Å². The van der Waals surface area contributed by atoms with Crippen LogP contribution in [0.4, 0.5) is 0 Å². The van der Waals surface area contributed by atoms with Crippen molar-refractivity contribution in [2.24, 2.45) is 0 Å². The van der Waals surface area contributed by atoms with E-state index in [9.17, 15) is 0 Å². The van der Waals surface area contributed by atoms with E-state index < -0.39 is 0 Å². The second-order valence-electron chi connectivity index (χ2n) is 5.52. The largest absolute Gasteiger partial charge is 0.496 e. The summed E-state index contributed by atoms with van der Waals surface area (Å²) in [6.45, 7) is 8.58. The number of hydrogen-bond acceptors (Lipinski definition) is 3. The number of aryl methyl sites for hydroxylation is 1. The number of rotatable bonds is 7. The molecule has 0 amide bonds. The standard InChI is InChI=1S/C16H28N2O/c1-12(2)15-10-14(7-8-18(5)11-17-4)13(3)9-16(15)19-6/h9-10,12,17H,7-8,11H2,1-6H3. The van der Waals surface area contributed by atoms with Crippen LogP contribution in [0.5, 0.6) is 5.75 Å². The lowest BCUT2D eigenvalue weighted by Gasteiger charge is -2.19. The first kappa shape index (κ1) is 16.0. The van der Waals surface area contributed by atoms with Crippen LogP contribution < -0.4 is 10.1 Å². The van der Waals surface area contributed by atoms with Crippen LogP contribution in [0.3, 0.4) is 0 Å². The highest BCUT2D eigenvalue weighted by atomic mass is 16.5. The van der Waals surface area contributed by atoms with Gasteiger partial charge in [0.2, 0.25) is 0 Å². The van der Waals surface area contributed by atoms with Gasteiger partial charge in [-0.3, -0.25) is 4.90 Å². The van der Waals surface area contributed by atoms with Gasteiger partial charge in [0.1, 0.15) is 5.75 Å². The van der Waals surface area contributed by atoms with Gasteiger partial charge in [-0.2, -0.15) is 0 Å². The van der Waals surface area contributed by atoms with Crippen molar-refractivity contribution >= 4 is 0 Å². The third-order valence-electron chi connectivity index (χ3n) is 3.50. The number of benzene rings is 1. The summed E-state index contributed by atoms with van der Waals surface area (Å²) in [4.78, 5) is 2.29. The average Bonchev–Trinajstić information content (AvgIpc) is 2.36. The Hall–Kier alpha value is -1.06. The summed E-state index contributed by atoms with van der Waals surface area (Å²) in [5, 5.41) is 3.17. The molecule has 1 rings (SSSR count). The molecule has 0 aliphatic rings. The van der Waals surface area contributed by atoms with Gasteiger partial charge in [-0.15, -0.1) is 0 Å². The van der Waals surface area contributed by atoms with Crippen molar-refractivity contribution in [3.8, 4) is 5.75 Å². The zero-order valence-electron chi connectivity index (χ0n) is 13.2. The first-order valence-corrected chi connectivity index (χ1v) is 7.00. The lowest BCUT2D eigenvalue weighted by Crippen LogP contribution is -2.30. The third-order valence-corrected chi connectivity index (χ3v) is 3.50. The molecule has 108 valence electrons. The second kappa shape index (κ2) is 7.51. The summed E-state index contributed by atoms with van der Waals surface area (Å²) in [7, 11) is 5.87. The molecule has 0 spiro atoms. The highest BCUT2D eigenvalue weighted by Crippen LogP contribution is 2.29. The molecule has 0 atom stereocenters. The molecular weight excluding hydrogens is 236 g/mol. The maximum atomic E-state index is 5.49. The van der Waals surface area contributed by atoms with E-state index in [0.717, 1.165) is 25.4 Å². The van der Waals surface area contributed by atoms with E-state index in [1.54, 1.807) is 7.11 Å². The summed E-state index contributed by atoms with van der Waals surface area (Å²) in [5.74, 6) is 1.50. The SMILES string of the molecule is CNCN(C)CCc1cc(C(C)C)c(OC)cc1C. The zero-order valence-corrected chi connectivity index (χ0v) is 13.2. The van der Waals surface area contributed by atoms with Crippen LogP contribution in [-0.4, -0.2) is 39.3 Å². The molecule has 0 heterocycles. The lowest BCUT2D eigenvalue weighted by molar-refractivity contribution is 0.321. The predicted molar refractivity (Wildman–Crippen MR) is 82.1 cm³/mol. The maximum absolute atomic E-state index is 5.49. The van der Waals surface area contributed by atoms with Crippen molar-refractivity contribution in [3.63, 3.8) is 0 Å². The van der Waals surface area contributed by atoms with Gasteiger partial charge >= 0.3 is 0 Å². The zero-order chi connectivity index (χ0) is 14.4. The molecule has 1 aromatic rings. The Morgan fingerprint density at radius 2 is 2.00 bits per heavy atom. The van der Waals surface area contributed by atoms with Gasteiger partial charge < -0.3 is 10.1 Å². The molecule has 3 heteroatoms. The number of likely N-dealkylation sites (N-methyl/N-ethyl adjacent to an activating group) is 1. The summed E-state index contributed by atoms with van der Waals surface area (Å²) < 4.78 is 5.49. The Bertz CT molecular complexity index is 402. The van der Waals surface area contributed by atoms with E-state index in [1.165, 1.54) is 16.7 Å². The minimum absolute atomic E-state index is 0.490. The van der Waals surface area contributed by atoms with Crippen LogP contribution in [0.2, 0.25) is 0 Å². The minimum atomic E-state index is 0.490. The Labute approximate surface area is 118 Å². The fraction of sp³-hybridized carbons (Fsp3) is 0.625. The van der Waals surface area contributed by atoms with Crippen molar-refractivity contribution < 1.29 is 4.74 Å². The Balaban J connectivity index is 2.86. The molecule has 1 N–H and O–H groups in total. The third kappa shape index (κ3) is 4.51. The van der Waals surface area contributed by atoms with Gasteiger partial charge in [0.05, 0.1) is 7.11 Å². The molecule has 0 fully saturated rings. The van der Waals surface area contributed by atoms with Crippen LogP contribution in [0.1, 0.15) is 36.5 Å². The molecule has 0 bridgehead atoms. The van der Waals surface area contributed by atoms with Crippen LogP contribution in [-0.2, 0) is 6.42 Å². The summed E-state index contributed by atoms with van der Waals surface area (Å²) in [6, 6.07) is 4.48. The highest BCUT2D eigenvalue weighted by Gasteiger charge is 2.11. The van der Waals surface area contributed by atoms with Gasteiger partial charge in [-0.25, -0.2) is 0 Å². The topological polar surface area (TPSA) is 24.5 Å². The van der Waals surface area contributed by atoms with Crippen molar-refractivity contribution in [2.75, 3.05) is 34.4 Å². The minimum Gasteiger partial charge on any atom is -0.496 e. The number of hydrogen-bond donors (Lipinski definition) is 1. The molecule has 0 aliphatic carbocycles. The molecular formula is C16H28N2O. The van der Waals surface area contributed by atoms with Gasteiger partial charge in [-0.05, 0) is 56.1 Å². The average molecular weight is 264 g/mol. The van der Waals surface area contributed by atoms with E-state index in [4.69, 9.17) is 4.74 Å². The number of ether oxygens (including phenoxy) is 1. The quantitative estimate of drug-likeness (QED) is 0.766. The number of nitrogens with zero attached hydrogens (tertiary/aromatic N) is 1. The highest BCUT2D eigenvalue weighted by molar-refractivity contribution is 5.44. The van der Waals surface area contributed by atoms with Crippen molar-refractivity contribution in [3.05, 3.63) is 28.8 Å². The molecule has 0 aromatic heterocycles. The van der Waals surface area contributed by atoms with Gasteiger partial charge in [-0.1, -0.05) is 19.9 Å². The molecule has 0 aliphatic heterocycles. The summed E-state index contributed by atoms with van der Waals surface area (Å²) in [5.41, 5.74) is 4.05. The first-order chi connectivity index (χ1) is 8.99. The maximum Gasteiger partial charge on any atom is 0.122 e. The molecule has 0 saturated carbocycles. The van der Waals surface area contributed by atoms with Crippen LogP contribution in [0, 0.1) is 6.92 Å². The second-order valence-corrected chi connectivity index (χ2v) is 5.52. The molecule has 0 unspecified atom stereocenters. The Morgan fingerprint density at radius 1 is 1.32 bits per heavy atom. The van der Waals surface area contributed by atoms with Crippen LogP contribution >= 0.6 is 0 Å². The van der Waals surface area contributed by atoms with E-state index in [0.29, 0.717) is 5.92 Å². The van der Waals surface area contributed by atoms with E-state index in [1.807, 2.05) is 7.05 Å². The fourth-order valence-electron chi connectivity index (χ4n) is 2.30. The van der Waals surface area contributed by atoms with Crippen molar-refractivity contribution in [1.82, 2.24) is 10.2 Å². The monoisotopic (exact) mass is 264 g/mol. The smallest absolute Gasteiger partial charge is 0.122 e. The van der Waals surface area contributed by atoms with Gasteiger partial charge in [0.15, 0.2) is 0 Å². The fourth-order valence-corrected chi connectivity index (χ4v) is 2.30. The Kier molecular flexibility index (Phi) is 6.32. The van der Waals surface area contributed by atoms with Crippen LogP contribution in [0.15, 0.2) is 12.1 Å². The van der Waals surface area contributed by atoms with Crippen molar-refractivity contribution in [1.29, 1.82) is 0 Å². The molecule has 0 saturated heterocycles. The van der Waals surface area contributed by atoms with E-state index >= 15 is 0 Å². The molecule has 19 heavy (non-hydrogen) atoms. The van der Waals surface area contributed by atoms with E-state index in [-0.39, 0.29) is 0 Å². The summed E-state index contributed by atoms with van der Waals surface area (Å²) in [6.07, 6.45) is 1.08. The predicted octanol–water partition coefficient (Wildman–Crippen LogP) is 2.78. The molecule has 1 aromatic carbocycles. The number of methoxy groups -OCH3 is 1. The summed E-state index contributed by atoms with van der Waals surface area (Å²) >= 11 is 0. The van der Waals surface area contributed by atoms with Crippen molar-refractivity contribution in [2.45, 2.75) is 33.1 Å². The first-order valence-electron chi connectivity index (χ1n) is 7.00. The Morgan fingerprint density at radius 3 is 2.53 bits per heavy atom. The number of nitrogens with one attached hydrogen (secondary N) is 1. The normalized spacial score (nSPS) is 11.4.